The van der Waals surface area contributed by atoms with Gasteiger partial charge in [0.2, 0.25) is 0 Å². The molecule has 0 saturated carbocycles. The highest BCUT2D eigenvalue weighted by Crippen LogP contribution is 2.30. The van der Waals surface area contributed by atoms with Gasteiger partial charge in [-0.25, -0.2) is 4.39 Å². The van der Waals surface area contributed by atoms with Gasteiger partial charge < -0.3 is 4.74 Å². The van der Waals surface area contributed by atoms with E-state index in [-0.39, 0.29) is 5.82 Å². The van der Waals surface area contributed by atoms with Gasteiger partial charge in [0.15, 0.2) is 0 Å². The summed E-state index contributed by atoms with van der Waals surface area (Å²) in [6, 6.07) is 10.8. The van der Waals surface area contributed by atoms with E-state index in [1.165, 1.54) is 12.1 Å². The molecule has 86 valence electrons. The van der Waals surface area contributed by atoms with Gasteiger partial charge in [-0.1, -0.05) is 6.07 Å². The third kappa shape index (κ3) is 2.91. The van der Waals surface area contributed by atoms with Crippen molar-refractivity contribution in [1.29, 1.82) is 0 Å². The first kappa shape index (κ1) is 11.8. The lowest BCUT2D eigenvalue weighted by Gasteiger charge is -2.07. The van der Waals surface area contributed by atoms with Crippen molar-refractivity contribution in [2.24, 2.45) is 0 Å². The van der Waals surface area contributed by atoms with Crippen LogP contribution in [0.1, 0.15) is 10.4 Å². The van der Waals surface area contributed by atoms with Gasteiger partial charge in [0.05, 0.1) is 4.47 Å². The first-order chi connectivity index (χ1) is 8.19. The van der Waals surface area contributed by atoms with E-state index in [2.05, 4.69) is 15.9 Å². The van der Waals surface area contributed by atoms with Crippen LogP contribution in [0.25, 0.3) is 0 Å². The van der Waals surface area contributed by atoms with Gasteiger partial charge in [0, 0.05) is 11.6 Å². The molecule has 0 bridgehead atoms. The van der Waals surface area contributed by atoms with Crippen LogP contribution in [0.2, 0.25) is 0 Å². The van der Waals surface area contributed by atoms with Gasteiger partial charge in [0.1, 0.15) is 23.6 Å². The third-order valence-electron chi connectivity index (χ3n) is 2.12. The van der Waals surface area contributed by atoms with E-state index in [9.17, 15) is 9.18 Å². The molecular weight excluding hydrogens is 287 g/mol. The van der Waals surface area contributed by atoms with Crippen molar-refractivity contribution in [1.82, 2.24) is 0 Å². The largest absolute Gasteiger partial charge is 0.456 e. The smallest absolute Gasteiger partial charge is 0.150 e. The number of benzene rings is 2. The van der Waals surface area contributed by atoms with Crippen molar-refractivity contribution >= 4 is 22.2 Å². The van der Waals surface area contributed by atoms with E-state index in [0.29, 0.717) is 21.5 Å². The first-order valence-corrected chi connectivity index (χ1v) is 5.66. The third-order valence-corrected chi connectivity index (χ3v) is 2.74. The fraction of sp³-hybridized carbons (Fsp3) is 0. The van der Waals surface area contributed by atoms with Crippen LogP contribution in [0.15, 0.2) is 46.9 Å². The summed E-state index contributed by atoms with van der Waals surface area (Å²) in [6.45, 7) is 0. The lowest BCUT2D eigenvalue weighted by atomic mass is 10.2. The lowest BCUT2D eigenvalue weighted by Crippen LogP contribution is -1.88. The molecule has 0 atom stereocenters. The van der Waals surface area contributed by atoms with Crippen molar-refractivity contribution in [3.8, 4) is 11.5 Å². The zero-order valence-corrected chi connectivity index (χ0v) is 10.3. The average Bonchev–Trinajstić information content (AvgIpc) is 2.32. The van der Waals surface area contributed by atoms with Gasteiger partial charge in [-0.2, -0.15) is 0 Å². The molecule has 2 rings (SSSR count). The molecule has 0 fully saturated rings. The van der Waals surface area contributed by atoms with Crippen LogP contribution in [0, 0.1) is 5.82 Å². The second kappa shape index (κ2) is 5.10. The van der Waals surface area contributed by atoms with Gasteiger partial charge in [-0.15, -0.1) is 0 Å². The standard InChI is InChI=1S/C13H8BrFO2/c14-12-6-9(8-16)4-5-13(12)17-11-3-1-2-10(15)7-11/h1-8H. The Morgan fingerprint density at radius 3 is 2.65 bits per heavy atom. The summed E-state index contributed by atoms with van der Waals surface area (Å²) in [5.74, 6) is 0.578. The molecule has 0 N–H and O–H groups in total. The van der Waals surface area contributed by atoms with E-state index in [1.807, 2.05) is 0 Å². The Morgan fingerprint density at radius 1 is 1.18 bits per heavy atom. The van der Waals surface area contributed by atoms with Crippen LogP contribution < -0.4 is 4.74 Å². The van der Waals surface area contributed by atoms with E-state index >= 15 is 0 Å². The van der Waals surface area contributed by atoms with Crippen molar-refractivity contribution in [3.05, 3.63) is 58.3 Å². The number of ether oxygens (including phenoxy) is 1. The molecule has 0 aliphatic carbocycles. The maximum atomic E-state index is 13.0. The molecule has 2 aromatic rings. The molecule has 0 radical (unpaired) electrons. The highest BCUT2D eigenvalue weighted by molar-refractivity contribution is 9.10. The summed E-state index contributed by atoms with van der Waals surface area (Å²) in [4.78, 5) is 10.6. The molecule has 0 aromatic heterocycles. The summed E-state index contributed by atoms with van der Waals surface area (Å²) in [7, 11) is 0. The Labute approximate surface area is 106 Å². The molecule has 2 nitrogen and oxygen atoms in total. The Hall–Kier alpha value is -1.68. The van der Waals surface area contributed by atoms with Crippen LogP contribution in [0.3, 0.4) is 0 Å². The Balaban J connectivity index is 2.27. The van der Waals surface area contributed by atoms with E-state index < -0.39 is 0 Å². The molecule has 0 aliphatic rings. The summed E-state index contributed by atoms with van der Waals surface area (Å²) in [5.41, 5.74) is 0.545. The van der Waals surface area contributed by atoms with Crippen molar-refractivity contribution in [2.75, 3.05) is 0 Å². The number of hydrogen-bond acceptors (Lipinski definition) is 2. The number of carbonyl (C=O) groups excluding carboxylic acids is 1. The lowest BCUT2D eigenvalue weighted by molar-refractivity contribution is 0.112. The predicted octanol–water partition coefficient (Wildman–Crippen LogP) is 4.19. The van der Waals surface area contributed by atoms with Gasteiger partial charge >= 0.3 is 0 Å². The molecule has 0 saturated heterocycles. The number of hydrogen-bond donors (Lipinski definition) is 0. The summed E-state index contributed by atoms with van der Waals surface area (Å²) >= 11 is 3.29. The molecule has 0 heterocycles. The molecule has 0 unspecified atom stereocenters. The minimum absolute atomic E-state index is 0.358. The van der Waals surface area contributed by atoms with Gasteiger partial charge in [-0.05, 0) is 46.3 Å². The van der Waals surface area contributed by atoms with Crippen LogP contribution in [0.5, 0.6) is 11.5 Å². The van der Waals surface area contributed by atoms with Gasteiger partial charge in [-0.3, -0.25) is 4.79 Å². The van der Waals surface area contributed by atoms with Crippen LogP contribution in [0.4, 0.5) is 4.39 Å². The van der Waals surface area contributed by atoms with E-state index in [1.54, 1.807) is 30.3 Å². The normalized spacial score (nSPS) is 10.0. The molecular formula is C13H8BrFO2. The Bertz CT molecular complexity index is 555. The molecule has 0 spiro atoms. The average molecular weight is 295 g/mol. The molecule has 17 heavy (non-hydrogen) atoms. The second-order valence-electron chi connectivity index (χ2n) is 3.37. The highest BCUT2D eigenvalue weighted by Gasteiger charge is 2.04. The summed E-state index contributed by atoms with van der Waals surface area (Å²) < 4.78 is 19.1. The van der Waals surface area contributed by atoms with E-state index in [0.717, 1.165) is 6.29 Å². The molecule has 0 amide bonds. The highest BCUT2D eigenvalue weighted by atomic mass is 79.9. The van der Waals surface area contributed by atoms with E-state index in [4.69, 9.17) is 4.74 Å². The quantitative estimate of drug-likeness (QED) is 0.793. The number of aldehydes is 1. The summed E-state index contributed by atoms with van der Waals surface area (Å²) in [5, 5.41) is 0. The number of rotatable bonds is 3. The zero-order chi connectivity index (χ0) is 12.3. The topological polar surface area (TPSA) is 26.3 Å². The van der Waals surface area contributed by atoms with Gasteiger partial charge in [0.25, 0.3) is 0 Å². The van der Waals surface area contributed by atoms with Crippen LogP contribution in [-0.4, -0.2) is 6.29 Å². The maximum Gasteiger partial charge on any atom is 0.150 e. The van der Waals surface area contributed by atoms with Crippen LogP contribution in [-0.2, 0) is 0 Å². The van der Waals surface area contributed by atoms with Crippen molar-refractivity contribution in [2.45, 2.75) is 0 Å². The summed E-state index contributed by atoms with van der Waals surface area (Å²) in [6.07, 6.45) is 0.747. The minimum Gasteiger partial charge on any atom is -0.456 e. The number of halogens is 2. The Morgan fingerprint density at radius 2 is 2.00 bits per heavy atom. The zero-order valence-electron chi connectivity index (χ0n) is 8.69. The second-order valence-corrected chi connectivity index (χ2v) is 4.22. The predicted molar refractivity (Wildman–Crippen MR) is 66.0 cm³/mol. The SMILES string of the molecule is O=Cc1ccc(Oc2cccc(F)c2)c(Br)c1. The van der Waals surface area contributed by atoms with Crippen molar-refractivity contribution < 1.29 is 13.9 Å². The minimum atomic E-state index is -0.358. The monoisotopic (exact) mass is 294 g/mol. The molecule has 2 aromatic carbocycles. The first-order valence-electron chi connectivity index (χ1n) is 4.87. The molecule has 4 heteroatoms. The van der Waals surface area contributed by atoms with Crippen LogP contribution >= 0.6 is 15.9 Å². The fourth-order valence-corrected chi connectivity index (χ4v) is 1.81. The van der Waals surface area contributed by atoms with Crippen molar-refractivity contribution in [3.63, 3.8) is 0 Å². The molecule has 0 aliphatic heterocycles. The maximum absolute atomic E-state index is 13.0. The fourth-order valence-electron chi connectivity index (χ4n) is 1.33. The number of carbonyl (C=O) groups is 1. The Kier molecular flexibility index (Phi) is 3.54.